The van der Waals surface area contributed by atoms with Crippen LogP contribution in [0.4, 0.5) is 10.1 Å². The van der Waals surface area contributed by atoms with Gasteiger partial charge in [0.25, 0.3) is 5.91 Å². The lowest BCUT2D eigenvalue weighted by Gasteiger charge is -2.17. The van der Waals surface area contributed by atoms with Crippen LogP contribution < -0.4 is 10.1 Å². The quantitative estimate of drug-likeness (QED) is 0.353. The van der Waals surface area contributed by atoms with Crippen molar-refractivity contribution in [1.29, 1.82) is 0 Å². The number of amides is 1. The van der Waals surface area contributed by atoms with Gasteiger partial charge in [0.2, 0.25) is 0 Å². The number of halogens is 1. The van der Waals surface area contributed by atoms with Gasteiger partial charge < -0.3 is 10.1 Å². The molecule has 0 aromatic heterocycles. The summed E-state index contributed by atoms with van der Waals surface area (Å²) in [5, 5.41) is 2.94. The molecule has 0 saturated carbocycles. The van der Waals surface area contributed by atoms with Crippen molar-refractivity contribution in [2.75, 3.05) is 5.32 Å². The molecule has 1 atom stereocenters. The predicted molar refractivity (Wildman–Crippen MR) is 127 cm³/mol. The highest BCUT2D eigenvalue weighted by Crippen LogP contribution is 2.28. The molecule has 0 heterocycles. The Kier molecular flexibility index (Phi) is 6.60. The van der Waals surface area contributed by atoms with Crippen LogP contribution in [0.1, 0.15) is 22.8 Å². The Labute approximate surface area is 191 Å². The molecule has 4 aromatic carbocycles. The highest BCUT2D eigenvalue weighted by molar-refractivity contribution is 6.09. The van der Waals surface area contributed by atoms with Gasteiger partial charge in [-0.25, -0.2) is 4.39 Å². The van der Waals surface area contributed by atoms with Crippen LogP contribution >= 0.6 is 0 Å². The Morgan fingerprint density at radius 1 is 0.758 bits per heavy atom. The van der Waals surface area contributed by atoms with Crippen LogP contribution in [0.5, 0.6) is 5.75 Å². The number of benzene rings is 4. The molecular weight excluding hydrogens is 417 g/mol. The summed E-state index contributed by atoms with van der Waals surface area (Å²) in [5.41, 5.74) is 3.47. The smallest absolute Gasteiger partial charge is 0.265 e. The van der Waals surface area contributed by atoms with Crippen molar-refractivity contribution in [2.45, 2.75) is 13.0 Å². The maximum Gasteiger partial charge on any atom is 0.265 e. The Balaban J connectivity index is 1.42. The lowest BCUT2D eigenvalue weighted by atomic mass is 10.0. The van der Waals surface area contributed by atoms with Crippen molar-refractivity contribution in [1.82, 2.24) is 0 Å². The molecule has 4 rings (SSSR count). The van der Waals surface area contributed by atoms with Crippen molar-refractivity contribution in [3.05, 3.63) is 120 Å². The van der Waals surface area contributed by atoms with E-state index >= 15 is 0 Å². The van der Waals surface area contributed by atoms with Gasteiger partial charge in [0.1, 0.15) is 11.6 Å². The van der Waals surface area contributed by atoms with Crippen molar-refractivity contribution in [2.24, 2.45) is 0 Å². The van der Waals surface area contributed by atoms with Crippen molar-refractivity contribution >= 4 is 17.4 Å². The fraction of sp³-hybridized carbons (Fsp3) is 0.0714. The van der Waals surface area contributed by atoms with Gasteiger partial charge in [-0.2, -0.15) is 0 Å². The minimum atomic E-state index is -0.757. The lowest BCUT2D eigenvalue weighted by Crippen LogP contribution is -2.30. The number of anilines is 1. The molecule has 33 heavy (non-hydrogen) atoms. The molecule has 4 aromatic rings. The van der Waals surface area contributed by atoms with Gasteiger partial charge in [-0.1, -0.05) is 48.5 Å². The molecule has 1 N–H and O–H groups in total. The largest absolute Gasteiger partial charge is 0.481 e. The zero-order valence-corrected chi connectivity index (χ0v) is 18.0. The Morgan fingerprint density at radius 3 is 2.00 bits per heavy atom. The third kappa shape index (κ3) is 5.33. The van der Waals surface area contributed by atoms with Crippen LogP contribution in [-0.2, 0) is 4.79 Å². The van der Waals surface area contributed by atoms with Gasteiger partial charge in [0.15, 0.2) is 11.9 Å². The monoisotopic (exact) mass is 439 g/mol. The number of nitrogens with one attached hydrogen (secondary N) is 1. The molecule has 0 spiro atoms. The molecule has 0 bridgehead atoms. The summed E-state index contributed by atoms with van der Waals surface area (Å²) in [6.45, 7) is 1.66. The van der Waals surface area contributed by atoms with Crippen LogP contribution in [0.2, 0.25) is 0 Å². The van der Waals surface area contributed by atoms with Crippen LogP contribution in [0.25, 0.3) is 11.1 Å². The number of ether oxygens (including phenoxy) is 1. The summed E-state index contributed by atoms with van der Waals surface area (Å²) in [6, 6.07) is 29.3. The molecule has 4 nitrogen and oxygen atoms in total. The van der Waals surface area contributed by atoms with E-state index in [0.29, 0.717) is 22.6 Å². The summed E-state index contributed by atoms with van der Waals surface area (Å²) in [6.07, 6.45) is -0.757. The van der Waals surface area contributed by atoms with E-state index < -0.39 is 11.9 Å². The van der Waals surface area contributed by atoms with Gasteiger partial charge in [0, 0.05) is 22.4 Å². The third-order valence-electron chi connectivity index (χ3n) is 5.17. The van der Waals surface area contributed by atoms with E-state index in [4.69, 9.17) is 4.74 Å². The SMILES string of the molecule is C[C@H](Oc1ccc(C(=O)c2ccc(F)cc2)cc1)C(=O)Nc1ccccc1-c1ccccc1. The summed E-state index contributed by atoms with van der Waals surface area (Å²) >= 11 is 0. The highest BCUT2D eigenvalue weighted by Gasteiger charge is 2.17. The van der Waals surface area contributed by atoms with Crippen LogP contribution in [0, 0.1) is 5.82 Å². The summed E-state index contributed by atoms with van der Waals surface area (Å²) < 4.78 is 18.9. The number of hydrogen-bond donors (Lipinski definition) is 1. The number of para-hydroxylation sites is 1. The molecule has 0 aliphatic heterocycles. The molecule has 1 amide bonds. The van der Waals surface area contributed by atoms with E-state index in [9.17, 15) is 14.0 Å². The van der Waals surface area contributed by atoms with E-state index in [1.165, 1.54) is 24.3 Å². The standard InChI is InChI=1S/C28H22FNO3/c1-19(28(32)30-26-10-6-5-9-25(26)20-7-3-2-4-8-20)33-24-17-13-22(14-18-24)27(31)21-11-15-23(29)16-12-21/h2-19H,1H3,(H,30,32)/t19-/m0/s1. The zero-order valence-electron chi connectivity index (χ0n) is 18.0. The molecule has 0 aliphatic rings. The summed E-state index contributed by atoms with van der Waals surface area (Å²) in [7, 11) is 0. The average Bonchev–Trinajstić information content (AvgIpc) is 2.85. The Bertz CT molecular complexity index is 1250. The first-order valence-electron chi connectivity index (χ1n) is 10.5. The van der Waals surface area contributed by atoms with Crippen molar-refractivity contribution in [3.8, 4) is 16.9 Å². The minimum Gasteiger partial charge on any atom is -0.481 e. The Morgan fingerprint density at radius 2 is 1.33 bits per heavy atom. The van der Waals surface area contributed by atoms with Crippen LogP contribution in [-0.4, -0.2) is 17.8 Å². The van der Waals surface area contributed by atoms with Gasteiger partial charge in [-0.05, 0) is 67.1 Å². The normalized spacial score (nSPS) is 11.5. The van der Waals surface area contributed by atoms with E-state index in [0.717, 1.165) is 11.1 Å². The summed E-state index contributed by atoms with van der Waals surface area (Å²) in [4.78, 5) is 25.3. The molecular formula is C28H22FNO3. The van der Waals surface area contributed by atoms with Crippen molar-refractivity contribution in [3.63, 3.8) is 0 Å². The molecule has 0 aliphatic carbocycles. The second-order valence-electron chi connectivity index (χ2n) is 7.52. The van der Waals surface area contributed by atoms with Gasteiger partial charge >= 0.3 is 0 Å². The maximum atomic E-state index is 13.1. The number of carbonyl (C=O) groups is 2. The molecule has 0 saturated heterocycles. The first kappa shape index (κ1) is 22.0. The number of carbonyl (C=O) groups excluding carboxylic acids is 2. The summed E-state index contributed by atoms with van der Waals surface area (Å²) in [5.74, 6) is -0.437. The second kappa shape index (κ2) is 9.92. The van der Waals surface area contributed by atoms with Crippen molar-refractivity contribution < 1.29 is 18.7 Å². The average molecular weight is 439 g/mol. The Hall–Kier alpha value is -4.25. The third-order valence-corrected chi connectivity index (χ3v) is 5.17. The number of hydrogen-bond acceptors (Lipinski definition) is 3. The first-order chi connectivity index (χ1) is 16.0. The number of rotatable bonds is 7. The molecule has 0 fully saturated rings. The molecule has 5 heteroatoms. The second-order valence-corrected chi connectivity index (χ2v) is 7.52. The molecule has 164 valence electrons. The lowest BCUT2D eigenvalue weighted by molar-refractivity contribution is -0.122. The van der Waals surface area contributed by atoms with Crippen LogP contribution in [0.3, 0.4) is 0 Å². The van der Waals surface area contributed by atoms with E-state index in [2.05, 4.69) is 5.32 Å². The topological polar surface area (TPSA) is 55.4 Å². The first-order valence-corrected chi connectivity index (χ1v) is 10.5. The predicted octanol–water partition coefficient (Wildman–Crippen LogP) is 6.13. The van der Waals surface area contributed by atoms with E-state index in [1.807, 2.05) is 54.6 Å². The van der Waals surface area contributed by atoms with Gasteiger partial charge in [0.05, 0.1) is 0 Å². The minimum absolute atomic E-state index is 0.218. The zero-order chi connectivity index (χ0) is 23.2. The maximum absolute atomic E-state index is 13.1. The van der Waals surface area contributed by atoms with E-state index in [1.54, 1.807) is 31.2 Å². The fourth-order valence-corrected chi connectivity index (χ4v) is 3.41. The van der Waals surface area contributed by atoms with Gasteiger partial charge in [-0.3, -0.25) is 9.59 Å². The van der Waals surface area contributed by atoms with Gasteiger partial charge in [-0.15, -0.1) is 0 Å². The van der Waals surface area contributed by atoms with Crippen LogP contribution in [0.15, 0.2) is 103 Å². The fourth-order valence-electron chi connectivity index (χ4n) is 3.41. The molecule has 0 unspecified atom stereocenters. The molecule has 0 radical (unpaired) electrons. The van der Waals surface area contributed by atoms with E-state index in [-0.39, 0.29) is 11.7 Å². The highest BCUT2D eigenvalue weighted by atomic mass is 19.1. The number of ketones is 1.